The summed E-state index contributed by atoms with van der Waals surface area (Å²) in [5, 5.41) is 9.50. The molecule has 0 spiro atoms. The summed E-state index contributed by atoms with van der Waals surface area (Å²) in [5.74, 6) is 0.908. The molecule has 0 saturated carbocycles. The van der Waals surface area contributed by atoms with Crippen LogP contribution in [0.5, 0.6) is 5.75 Å². The van der Waals surface area contributed by atoms with Gasteiger partial charge in [-0.1, -0.05) is 23.8 Å². The third kappa shape index (κ3) is 3.60. The highest BCUT2D eigenvalue weighted by Gasteiger charge is 2.10. The van der Waals surface area contributed by atoms with Crippen molar-refractivity contribution in [2.75, 3.05) is 7.11 Å². The van der Waals surface area contributed by atoms with E-state index in [4.69, 9.17) is 4.74 Å². The zero-order valence-corrected chi connectivity index (χ0v) is 14.8. The van der Waals surface area contributed by atoms with Gasteiger partial charge < -0.3 is 10.1 Å². The van der Waals surface area contributed by atoms with Gasteiger partial charge >= 0.3 is 0 Å². The van der Waals surface area contributed by atoms with Crippen molar-refractivity contribution in [3.8, 4) is 5.75 Å². The molecular weight excluding hydrogens is 298 g/mol. The third-order valence-electron chi connectivity index (χ3n) is 4.38. The number of aryl methyl sites for hydroxylation is 2. The lowest BCUT2D eigenvalue weighted by atomic mass is 10.1. The third-order valence-corrected chi connectivity index (χ3v) is 4.38. The molecule has 4 heteroatoms. The van der Waals surface area contributed by atoms with Gasteiger partial charge in [-0.15, -0.1) is 0 Å². The molecule has 0 aliphatic carbocycles. The van der Waals surface area contributed by atoms with Crippen LogP contribution in [0.3, 0.4) is 0 Å². The normalized spacial score (nSPS) is 12.5. The van der Waals surface area contributed by atoms with Crippen LogP contribution in [0.4, 0.5) is 0 Å². The van der Waals surface area contributed by atoms with Crippen LogP contribution >= 0.6 is 0 Å². The molecule has 1 atom stereocenters. The summed E-state index contributed by atoms with van der Waals surface area (Å²) in [5.41, 5.74) is 4.82. The number of aromatic nitrogens is 2. The molecule has 1 heterocycles. The minimum Gasteiger partial charge on any atom is -0.497 e. The number of nitrogens with zero attached hydrogens (tertiary/aromatic N) is 2. The zero-order chi connectivity index (χ0) is 17.1. The van der Waals surface area contributed by atoms with Crippen molar-refractivity contribution in [2.45, 2.75) is 32.9 Å². The van der Waals surface area contributed by atoms with Gasteiger partial charge in [-0.25, -0.2) is 0 Å². The van der Waals surface area contributed by atoms with Crippen molar-refractivity contribution in [3.05, 3.63) is 59.3 Å². The molecule has 1 aromatic heterocycles. The first-order valence-electron chi connectivity index (χ1n) is 8.35. The van der Waals surface area contributed by atoms with E-state index < -0.39 is 0 Å². The lowest BCUT2D eigenvalue weighted by Crippen LogP contribution is -2.27. The largest absolute Gasteiger partial charge is 0.497 e. The van der Waals surface area contributed by atoms with E-state index in [0.717, 1.165) is 24.4 Å². The van der Waals surface area contributed by atoms with E-state index >= 15 is 0 Å². The van der Waals surface area contributed by atoms with Crippen LogP contribution in [-0.2, 0) is 20.0 Å². The standard InChI is InChI=1S/C20H25N3O/c1-14-8-9-20-18(10-14)19(22-23(20)3)13-21-15(2)11-16-6-5-7-17(12-16)24-4/h5-10,12,15,21H,11,13H2,1-4H3/t15-/m0/s1. The summed E-state index contributed by atoms with van der Waals surface area (Å²) < 4.78 is 7.25. The first-order valence-corrected chi connectivity index (χ1v) is 8.35. The van der Waals surface area contributed by atoms with Crippen LogP contribution in [-0.4, -0.2) is 22.9 Å². The second kappa shape index (κ2) is 7.05. The fourth-order valence-electron chi connectivity index (χ4n) is 3.08. The van der Waals surface area contributed by atoms with Gasteiger partial charge in [-0.2, -0.15) is 5.10 Å². The van der Waals surface area contributed by atoms with Gasteiger partial charge in [0.15, 0.2) is 0 Å². The summed E-state index contributed by atoms with van der Waals surface area (Å²) in [6, 6.07) is 15.1. The number of benzene rings is 2. The van der Waals surface area contributed by atoms with E-state index in [1.165, 1.54) is 22.0 Å². The van der Waals surface area contributed by atoms with E-state index in [1.807, 2.05) is 23.9 Å². The predicted octanol–water partition coefficient (Wildman–Crippen LogP) is 3.61. The van der Waals surface area contributed by atoms with Gasteiger partial charge in [0.2, 0.25) is 0 Å². The van der Waals surface area contributed by atoms with Gasteiger partial charge in [-0.05, 0) is 50.1 Å². The fraction of sp³-hybridized carbons (Fsp3) is 0.350. The van der Waals surface area contributed by atoms with Crippen LogP contribution in [0.1, 0.15) is 23.7 Å². The van der Waals surface area contributed by atoms with Crippen molar-refractivity contribution >= 4 is 10.9 Å². The number of hydrogen-bond acceptors (Lipinski definition) is 3. The van der Waals surface area contributed by atoms with E-state index in [9.17, 15) is 0 Å². The molecule has 3 aromatic rings. The van der Waals surface area contributed by atoms with Gasteiger partial charge in [0.05, 0.1) is 18.3 Å². The molecule has 2 aromatic carbocycles. The summed E-state index contributed by atoms with van der Waals surface area (Å²) in [6.45, 7) is 5.09. The van der Waals surface area contributed by atoms with Crippen LogP contribution < -0.4 is 10.1 Å². The number of hydrogen-bond donors (Lipinski definition) is 1. The Labute approximate surface area is 143 Å². The minimum atomic E-state index is 0.360. The van der Waals surface area contributed by atoms with Gasteiger partial charge in [0, 0.05) is 25.0 Å². The average Bonchev–Trinajstić information content (AvgIpc) is 2.88. The van der Waals surface area contributed by atoms with Crippen molar-refractivity contribution in [1.82, 2.24) is 15.1 Å². The maximum Gasteiger partial charge on any atom is 0.119 e. The van der Waals surface area contributed by atoms with E-state index in [0.29, 0.717) is 6.04 Å². The highest BCUT2D eigenvalue weighted by Crippen LogP contribution is 2.20. The average molecular weight is 323 g/mol. The Bertz CT molecular complexity index is 838. The number of rotatable bonds is 6. The van der Waals surface area contributed by atoms with E-state index in [-0.39, 0.29) is 0 Å². The number of ether oxygens (including phenoxy) is 1. The minimum absolute atomic E-state index is 0.360. The molecule has 4 nitrogen and oxygen atoms in total. The molecule has 0 aliphatic heterocycles. The molecule has 126 valence electrons. The molecule has 0 unspecified atom stereocenters. The molecule has 0 radical (unpaired) electrons. The Morgan fingerprint density at radius 3 is 2.83 bits per heavy atom. The molecule has 0 aliphatic rings. The van der Waals surface area contributed by atoms with Crippen LogP contribution in [0.2, 0.25) is 0 Å². The number of methoxy groups -OCH3 is 1. The van der Waals surface area contributed by atoms with Crippen molar-refractivity contribution in [2.24, 2.45) is 7.05 Å². The Morgan fingerprint density at radius 1 is 1.21 bits per heavy atom. The first kappa shape index (κ1) is 16.5. The summed E-state index contributed by atoms with van der Waals surface area (Å²) in [4.78, 5) is 0. The molecule has 24 heavy (non-hydrogen) atoms. The van der Waals surface area contributed by atoms with Gasteiger partial charge in [0.1, 0.15) is 5.75 Å². The van der Waals surface area contributed by atoms with Crippen molar-refractivity contribution in [1.29, 1.82) is 0 Å². The predicted molar refractivity (Wildman–Crippen MR) is 98.5 cm³/mol. The molecular formula is C20H25N3O. The Hall–Kier alpha value is -2.33. The maximum atomic E-state index is 5.29. The number of fused-ring (bicyclic) bond motifs is 1. The van der Waals surface area contributed by atoms with Gasteiger partial charge in [0.25, 0.3) is 0 Å². The van der Waals surface area contributed by atoms with Crippen LogP contribution in [0.25, 0.3) is 10.9 Å². The monoisotopic (exact) mass is 323 g/mol. The SMILES string of the molecule is COc1cccc(C[C@H](C)NCc2nn(C)c3ccc(C)cc23)c1. The molecule has 0 amide bonds. The summed E-state index contributed by atoms with van der Waals surface area (Å²) in [6.07, 6.45) is 0.959. The lowest BCUT2D eigenvalue weighted by Gasteiger charge is -2.14. The Kier molecular flexibility index (Phi) is 4.86. The van der Waals surface area contributed by atoms with E-state index in [1.54, 1.807) is 7.11 Å². The molecule has 0 bridgehead atoms. The Balaban J connectivity index is 1.68. The van der Waals surface area contributed by atoms with E-state index in [2.05, 4.69) is 54.6 Å². The molecule has 1 N–H and O–H groups in total. The number of nitrogens with one attached hydrogen (secondary N) is 1. The highest BCUT2D eigenvalue weighted by molar-refractivity contribution is 5.82. The molecule has 0 saturated heterocycles. The lowest BCUT2D eigenvalue weighted by molar-refractivity contribution is 0.414. The fourth-order valence-corrected chi connectivity index (χ4v) is 3.08. The quantitative estimate of drug-likeness (QED) is 0.753. The Morgan fingerprint density at radius 2 is 2.04 bits per heavy atom. The molecule has 0 fully saturated rings. The van der Waals surface area contributed by atoms with Gasteiger partial charge in [-0.3, -0.25) is 4.68 Å². The second-order valence-corrected chi connectivity index (χ2v) is 6.43. The van der Waals surface area contributed by atoms with Crippen molar-refractivity contribution in [3.63, 3.8) is 0 Å². The summed E-state index contributed by atoms with van der Waals surface area (Å²) in [7, 11) is 3.70. The smallest absolute Gasteiger partial charge is 0.119 e. The zero-order valence-electron chi connectivity index (χ0n) is 14.8. The topological polar surface area (TPSA) is 39.1 Å². The van der Waals surface area contributed by atoms with Crippen molar-refractivity contribution < 1.29 is 4.74 Å². The van der Waals surface area contributed by atoms with Crippen LogP contribution in [0, 0.1) is 6.92 Å². The maximum absolute atomic E-state index is 5.29. The second-order valence-electron chi connectivity index (χ2n) is 6.43. The molecule has 3 rings (SSSR count). The summed E-state index contributed by atoms with van der Waals surface area (Å²) >= 11 is 0. The van der Waals surface area contributed by atoms with Crippen LogP contribution in [0.15, 0.2) is 42.5 Å². The first-order chi connectivity index (χ1) is 11.6. The highest BCUT2D eigenvalue weighted by atomic mass is 16.5.